The molecule has 0 unspecified atom stereocenters. The molecular formula is C18H39NO. The fraction of sp³-hybridized carbons (Fsp3) is 1.00. The van der Waals surface area contributed by atoms with E-state index < -0.39 is 0 Å². The quantitative estimate of drug-likeness (QED) is 0.414. The second-order valence-electron chi connectivity index (χ2n) is 6.88. The van der Waals surface area contributed by atoms with Gasteiger partial charge in [-0.25, -0.2) is 0 Å². The topological polar surface area (TPSA) is 35.2 Å². The third-order valence-corrected chi connectivity index (χ3v) is 4.00. The predicted octanol–water partition coefficient (Wildman–Crippen LogP) is 5.30. The van der Waals surface area contributed by atoms with Gasteiger partial charge in [-0.05, 0) is 31.7 Å². The van der Waals surface area contributed by atoms with E-state index in [1.807, 2.05) is 0 Å². The van der Waals surface area contributed by atoms with Crippen molar-refractivity contribution < 1.29 is 4.74 Å². The molecule has 0 aliphatic carbocycles. The number of ether oxygens (including phenoxy) is 1. The molecular weight excluding hydrogens is 246 g/mol. The molecule has 0 aromatic carbocycles. The van der Waals surface area contributed by atoms with Gasteiger partial charge in [0.15, 0.2) is 0 Å². The average Bonchev–Trinajstić information content (AvgIpc) is 2.42. The van der Waals surface area contributed by atoms with Gasteiger partial charge < -0.3 is 10.5 Å². The van der Waals surface area contributed by atoms with Crippen molar-refractivity contribution in [1.29, 1.82) is 0 Å². The summed E-state index contributed by atoms with van der Waals surface area (Å²) < 4.78 is 5.54. The van der Waals surface area contributed by atoms with Crippen molar-refractivity contribution in [2.45, 2.75) is 91.4 Å². The first-order valence-corrected chi connectivity index (χ1v) is 8.90. The molecule has 0 bridgehead atoms. The molecule has 0 aromatic rings. The maximum absolute atomic E-state index is 5.54. The normalized spacial score (nSPS) is 12.0. The molecule has 20 heavy (non-hydrogen) atoms. The molecule has 0 aliphatic rings. The minimum absolute atomic E-state index is 0.360. The van der Waals surface area contributed by atoms with Crippen molar-refractivity contribution in [3.05, 3.63) is 0 Å². The molecule has 0 aromatic heterocycles. The first-order chi connectivity index (χ1) is 9.62. The highest BCUT2D eigenvalue weighted by atomic mass is 16.5. The zero-order chi connectivity index (χ0) is 15.1. The van der Waals surface area contributed by atoms with Crippen LogP contribution in [0.5, 0.6) is 0 Å². The van der Waals surface area contributed by atoms with Crippen molar-refractivity contribution >= 4 is 0 Å². The van der Waals surface area contributed by atoms with Crippen LogP contribution in [0.1, 0.15) is 91.4 Å². The average molecular weight is 286 g/mol. The Balaban J connectivity index is 3.20. The second kappa shape index (κ2) is 13.9. The third kappa shape index (κ3) is 14.3. The largest absolute Gasteiger partial charge is 0.381 e. The zero-order valence-electron chi connectivity index (χ0n) is 14.4. The van der Waals surface area contributed by atoms with E-state index in [4.69, 9.17) is 10.5 Å². The standard InChI is InChI=1S/C18H39NO/c1-4-20-17-18(2,3)15-13-11-9-7-5-6-8-10-12-14-16-19/h4-17,19H2,1-3H3. The lowest BCUT2D eigenvalue weighted by Gasteiger charge is -2.24. The van der Waals surface area contributed by atoms with Gasteiger partial charge in [0.25, 0.3) is 0 Å². The Hall–Kier alpha value is -0.0800. The van der Waals surface area contributed by atoms with Gasteiger partial charge in [0.05, 0.1) is 6.61 Å². The van der Waals surface area contributed by atoms with E-state index in [0.717, 1.165) is 19.8 Å². The minimum Gasteiger partial charge on any atom is -0.381 e. The molecule has 0 radical (unpaired) electrons. The highest BCUT2D eigenvalue weighted by molar-refractivity contribution is 4.67. The summed E-state index contributed by atoms with van der Waals surface area (Å²) in [5.74, 6) is 0. The van der Waals surface area contributed by atoms with Crippen LogP contribution in [0.25, 0.3) is 0 Å². The van der Waals surface area contributed by atoms with Gasteiger partial charge >= 0.3 is 0 Å². The Kier molecular flexibility index (Phi) is 13.8. The summed E-state index contributed by atoms with van der Waals surface area (Å²) in [5, 5.41) is 0. The van der Waals surface area contributed by atoms with Crippen LogP contribution < -0.4 is 5.73 Å². The van der Waals surface area contributed by atoms with Crippen LogP contribution in [0.4, 0.5) is 0 Å². The van der Waals surface area contributed by atoms with Gasteiger partial charge in [0.2, 0.25) is 0 Å². The molecule has 0 amide bonds. The Morgan fingerprint density at radius 1 is 0.750 bits per heavy atom. The van der Waals surface area contributed by atoms with Crippen LogP contribution in [0.2, 0.25) is 0 Å². The molecule has 2 nitrogen and oxygen atoms in total. The fourth-order valence-corrected chi connectivity index (χ4v) is 2.61. The van der Waals surface area contributed by atoms with Crippen molar-refractivity contribution in [3.8, 4) is 0 Å². The number of rotatable bonds is 15. The van der Waals surface area contributed by atoms with Gasteiger partial charge in [-0.15, -0.1) is 0 Å². The first-order valence-electron chi connectivity index (χ1n) is 8.90. The molecule has 0 saturated heterocycles. The summed E-state index contributed by atoms with van der Waals surface area (Å²) in [5.41, 5.74) is 5.85. The number of unbranched alkanes of at least 4 members (excludes halogenated alkanes) is 9. The number of hydrogen-bond donors (Lipinski definition) is 1. The summed E-state index contributed by atoms with van der Waals surface area (Å²) in [6.07, 6.45) is 15.0. The lowest BCUT2D eigenvalue weighted by atomic mass is 9.87. The summed E-state index contributed by atoms with van der Waals surface area (Å²) in [4.78, 5) is 0. The van der Waals surface area contributed by atoms with Crippen molar-refractivity contribution in [3.63, 3.8) is 0 Å². The van der Waals surface area contributed by atoms with E-state index in [1.54, 1.807) is 0 Å². The van der Waals surface area contributed by atoms with Crippen LogP contribution in [0.3, 0.4) is 0 Å². The van der Waals surface area contributed by atoms with Crippen molar-refractivity contribution in [2.75, 3.05) is 19.8 Å². The summed E-state index contributed by atoms with van der Waals surface area (Å²) in [6.45, 7) is 9.33. The van der Waals surface area contributed by atoms with Crippen molar-refractivity contribution in [1.82, 2.24) is 0 Å². The SMILES string of the molecule is CCOCC(C)(C)CCCCCCCCCCCCN. The molecule has 0 rings (SSSR count). The number of nitrogens with two attached hydrogens (primary N) is 1. The van der Waals surface area contributed by atoms with E-state index in [2.05, 4.69) is 20.8 Å². The minimum atomic E-state index is 0.360. The van der Waals surface area contributed by atoms with Gasteiger partial charge in [-0.2, -0.15) is 0 Å². The predicted molar refractivity (Wildman–Crippen MR) is 90.1 cm³/mol. The maximum atomic E-state index is 5.54. The Labute approximate surface area is 127 Å². The fourth-order valence-electron chi connectivity index (χ4n) is 2.61. The second-order valence-corrected chi connectivity index (χ2v) is 6.88. The molecule has 0 saturated carbocycles. The highest BCUT2D eigenvalue weighted by Crippen LogP contribution is 2.24. The molecule has 2 heteroatoms. The summed E-state index contributed by atoms with van der Waals surface area (Å²) in [7, 11) is 0. The Morgan fingerprint density at radius 3 is 1.65 bits per heavy atom. The molecule has 0 heterocycles. The van der Waals surface area contributed by atoms with E-state index in [9.17, 15) is 0 Å². The third-order valence-electron chi connectivity index (χ3n) is 4.00. The smallest absolute Gasteiger partial charge is 0.0516 e. The van der Waals surface area contributed by atoms with Gasteiger partial charge in [0, 0.05) is 6.61 Å². The Morgan fingerprint density at radius 2 is 1.20 bits per heavy atom. The lowest BCUT2D eigenvalue weighted by molar-refractivity contribution is 0.0645. The maximum Gasteiger partial charge on any atom is 0.0516 e. The van der Waals surface area contributed by atoms with Crippen LogP contribution in [0.15, 0.2) is 0 Å². The molecule has 0 aliphatic heterocycles. The molecule has 0 spiro atoms. The molecule has 122 valence electrons. The van der Waals surface area contributed by atoms with E-state index in [0.29, 0.717) is 5.41 Å². The molecule has 0 fully saturated rings. The van der Waals surface area contributed by atoms with E-state index >= 15 is 0 Å². The van der Waals surface area contributed by atoms with Crippen molar-refractivity contribution in [2.24, 2.45) is 11.1 Å². The van der Waals surface area contributed by atoms with Gasteiger partial charge in [-0.3, -0.25) is 0 Å². The number of hydrogen-bond acceptors (Lipinski definition) is 2. The van der Waals surface area contributed by atoms with Crippen LogP contribution >= 0.6 is 0 Å². The Bertz CT molecular complexity index is 192. The summed E-state index contributed by atoms with van der Waals surface area (Å²) >= 11 is 0. The highest BCUT2D eigenvalue weighted by Gasteiger charge is 2.16. The summed E-state index contributed by atoms with van der Waals surface area (Å²) in [6, 6.07) is 0. The lowest BCUT2D eigenvalue weighted by Crippen LogP contribution is -2.19. The van der Waals surface area contributed by atoms with Gasteiger partial charge in [0.1, 0.15) is 0 Å². The van der Waals surface area contributed by atoms with Gasteiger partial charge in [-0.1, -0.05) is 71.6 Å². The van der Waals surface area contributed by atoms with Crippen LogP contribution in [0, 0.1) is 5.41 Å². The zero-order valence-corrected chi connectivity index (χ0v) is 14.4. The van der Waals surface area contributed by atoms with E-state index in [1.165, 1.54) is 70.6 Å². The molecule has 2 N–H and O–H groups in total. The molecule has 0 atom stereocenters. The first kappa shape index (κ1) is 19.9. The monoisotopic (exact) mass is 285 g/mol. The van der Waals surface area contributed by atoms with Crippen LogP contribution in [-0.2, 0) is 4.74 Å². The van der Waals surface area contributed by atoms with Crippen LogP contribution in [-0.4, -0.2) is 19.8 Å². The van der Waals surface area contributed by atoms with E-state index in [-0.39, 0.29) is 0 Å².